The molecular weight excluding hydrogens is 172 g/mol. The minimum absolute atomic E-state index is 0.504. The van der Waals surface area contributed by atoms with Crippen LogP contribution in [0.25, 0.3) is 0 Å². The molecule has 0 unspecified atom stereocenters. The topological polar surface area (TPSA) is 27.7 Å². The quantitative estimate of drug-likeness (QED) is 0.430. The first-order chi connectivity index (χ1) is 5.68. The summed E-state index contributed by atoms with van der Waals surface area (Å²) in [6, 6.07) is 0. The Kier molecular flexibility index (Phi) is 6.65. The molecule has 12 heavy (non-hydrogen) atoms. The van der Waals surface area contributed by atoms with Crippen LogP contribution in [0.5, 0.6) is 0 Å². The third-order valence-electron chi connectivity index (χ3n) is 1.34. The Morgan fingerprint density at radius 3 is 1.83 bits per heavy atom. The van der Waals surface area contributed by atoms with Gasteiger partial charge < -0.3 is 14.2 Å². The van der Waals surface area contributed by atoms with Gasteiger partial charge in [-0.15, -0.1) is 0 Å². The molecule has 0 saturated carbocycles. The Morgan fingerprint density at radius 1 is 1.00 bits per heavy atom. The van der Waals surface area contributed by atoms with Gasteiger partial charge in [-0.3, -0.25) is 0 Å². The largest absolute Gasteiger partial charge is 0.377 e. The minimum atomic E-state index is -0.542. The summed E-state index contributed by atoms with van der Waals surface area (Å²) < 4.78 is 16.1. The van der Waals surface area contributed by atoms with E-state index < -0.39 is 5.41 Å². The van der Waals surface area contributed by atoms with E-state index in [2.05, 4.69) is 0 Å². The zero-order chi connectivity index (χ0) is 9.45. The second-order valence-electron chi connectivity index (χ2n) is 2.41. The van der Waals surface area contributed by atoms with Crippen LogP contribution in [0.3, 0.4) is 0 Å². The van der Waals surface area contributed by atoms with Gasteiger partial charge in [-0.2, -0.15) is 0 Å². The first-order valence-electron chi connectivity index (χ1n) is 4.39. The monoisotopic (exact) mass is 191 g/mol. The average molecular weight is 191 g/mol. The van der Waals surface area contributed by atoms with Crippen molar-refractivity contribution in [3.8, 4) is 0 Å². The van der Waals surface area contributed by atoms with Crippen molar-refractivity contribution in [3.05, 3.63) is 0 Å². The zero-order valence-corrected chi connectivity index (χ0v) is 9.67. The molecule has 0 amide bonds. The van der Waals surface area contributed by atoms with E-state index in [9.17, 15) is 0 Å². The molecule has 0 aliphatic carbocycles. The highest BCUT2D eigenvalue weighted by molar-refractivity contribution is 6.13. The lowest BCUT2D eigenvalue weighted by atomic mass is 10.6. The summed E-state index contributed by atoms with van der Waals surface area (Å²) in [5, 5.41) is 0. The lowest BCUT2D eigenvalue weighted by molar-refractivity contribution is -0.201. The van der Waals surface area contributed by atoms with Crippen molar-refractivity contribution in [2.24, 2.45) is 0 Å². The standard InChI is InChI=1S/C8H19O3Si/c1-4-9-7-8(12,10-5-2)11-6-3/h4-7,12H2,1-3H3. The third kappa shape index (κ3) is 4.87. The molecule has 4 heteroatoms. The maximum Gasteiger partial charge on any atom is 0.164 e. The summed E-state index contributed by atoms with van der Waals surface area (Å²) in [5.41, 5.74) is -0.542. The highest BCUT2D eigenvalue weighted by Crippen LogP contribution is 2.08. The summed E-state index contributed by atoms with van der Waals surface area (Å²) in [7, 11) is 1.69. The van der Waals surface area contributed by atoms with Gasteiger partial charge in [-0.1, -0.05) is 0 Å². The van der Waals surface area contributed by atoms with Gasteiger partial charge in [-0.25, -0.2) is 0 Å². The highest BCUT2D eigenvalue weighted by Gasteiger charge is 2.24. The van der Waals surface area contributed by atoms with Gasteiger partial charge in [-0.05, 0) is 20.8 Å². The first kappa shape index (κ1) is 12.1. The molecule has 0 atom stereocenters. The van der Waals surface area contributed by atoms with Crippen LogP contribution in [0.4, 0.5) is 0 Å². The Morgan fingerprint density at radius 2 is 1.50 bits per heavy atom. The molecule has 0 spiro atoms. The normalized spacial score (nSPS) is 12.0. The maximum absolute atomic E-state index is 5.44. The maximum atomic E-state index is 5.44. The molecule has 0 N–H and O–H groups in total. The van der Waals surface area contributed by atoms with Gasteiger partial charge in [0.25, 0.3) is 0 Å². The molecule has 0 aliphatic heterocycles. The van der Waals surface area contributed by atoms with Crippen LogP contribution >= 0.6 is 0 Å². The van der Waals surface area contributed by atoms with Crippen molar-refractivity contribution in [1.29, 1.82) is 0 Å². The summed E-state index contributed by atoms with van der Waals surface area (Å²) in [5.74, 6) is 0. The molecule has 0 rings (SSSR count). The molecular formula is C8H19O3Si. The van der Waals surface area contributed by atoms with Crippen molar-refractivity contribution in [3.63, 3.8) is 0 Å². The van der Waals surface area contributed by atoms with Crippen molar-refractivity contribution >= 4 is 10.2 Å². The van der Waals surface area contributed by atoms with E-state index in [0.717, 1.165) is 0 Å². The van der Waals surface area contributed by atoms with Crippen LogP contribution < -0.4 is 0 Å². The van der Waals surface area contributed by atoms with E-state index in [1.165, 1.54) is 0 Å². The Balaban J connectivity index is 3.80. The van der Waals surface area contributed by atoms with E-state index in [0.29, 0.717) is 26.4 Å². The van der Waals surface area contributed by atoms with E-state index in [1.807, 2.05) is 20.8 Å². The van der Waals surface area contributed by atoms with Gasteiger partial charge in [0.05, 0.1) is 16.8 Å². The zero-order valence-electron chi connectivity index (χ0n) is 8.26. The van der Waals surface area contributed by atoms with Crippen molar-refractivity contribution in [2.75, 3.05) is 26.4 Å². The summed E-state index contributed by atoms with van der Waals surface area (Å²) in [6.07, 6.45) is 0. The van der Waals surface area contributed by atoms with Crippen LogP contribution in [-0.2, 0) is 14.2 Å². The predicted octanol–water partition coefficient (Wildman–Crippen LogP) is 0.383. The minimum Gasteiger partial charge on any atom is -0.377 e. The lowest BCUT2D eigenvalue weighted by Crippen LogP contribution is -2.41. The van der Waals surface area contributed by atoms with Crippen LogP contribution in [-0.4, -0.2) is 42.1 Å². The fourth-order valence-electron chi connectivity index (χ4n) is 0.909. The molecule has 0 bridgehead atoms. The average Bonchev–Trinajstić information content (AvgIpc) is 2.02. The molecule has 0 aromatic carbocycles. The summed E-state index contributed by atoms with van der Waals surface area (Å²) >= 11 is 0. The van der Waals surface area contributed by atoms with Crippen LogP contribution in [0.15, 0.2) is 0 Å². The summed E-state index contributed by atoms with van der Waals surface area (Å²) in [4.78, 5) is 0. The third-order valence-corrected chi connectivity index (χ3v) is 1.95. The fourth-order valence-corrected chi connectivity index (χ4v) is 1.46. The van der Waals surface area contributed by atoms with E-state index in [4.69, 9.17) is 14.2 Å². The van der Waals surface area contributed by atoms with Gasteiger partial charge >= 0.3 is 0 Å². The fraction of sp³-hybridized carbons (Fsp3) is 1.00. The number of hydrogen-bond donors (Lipinski definition) is 0. The Hall–Kier alpha value is 0.0969. The van der Waals surface area contributed by atoms with Gasteiger partial charge in [0.15, 0.2) is 5.41 Å². The number of ether oxygens (including phenoxy) is 3. The van der Waals surface area contributed by atoms with Crippen LogP contribution in [0.1, 0.15) is 20.8 Å². The molecule has 0 aromatic heterocycles. The molecule has 0 aliphatic rings. The van der Waals surface area contributed by atoms with E-state index in [1.54, 1.807) is 10.2 Å². The predicted molar refractivity (Wildman–Crippen MR) is 51.0 cm³/mol. The Bertz CT molecular complexity index is 102. The smallest absolute Gasteiger partial charge is 0.164 e. The molecule has 73 valence electrons. The van der Waals surface area contributed by atoms with Crippen LogP contribution in [0, 0.1) is 0 Å². The van der Waals surface area contributed by atoms with Gasteiger partial charge in [0.2, 0.25) is 0 Å². The second kappa shape index (κ2) is 6.60. The number of hydrogen-bond acceptors (Lipinski definition) is 3. The first-order valence-corrected chi connectivity index (χ1v) is 5.10. The summed E-state index contributed by atoms with van der Waals surface area (Å²) in [6.45, 7) is 8.36. The molecule has 0 saturated heterocycles. The van der Waals surface area contributed by atoms with Crippen molar-refractivity contribution in [1.82, 2.24) is 0 Å². The lowest BCUT2D eigenvalue weighted by Gasteiger charge is -2.28. The number of rotatable bonds is 7. The van der Waals surface area contributed by atoms with Crippen molar-refractivity contribution in [2.45, 2.75) is 26.2 Å². The SMILES string of the molecule is CCOCC([SiH2])(OCC)OCC. The molecule has 0 heterocycles. The molecule has 1 radical (unpaired) electrons. The van der Waals surface area contributed by atoms with Gasteiger partial charge in [0.1, 0.15) is 0 Å². The molecule has 3 nitrogen and oxygen atoms in total. The molecule has 0 aromatic rings. The molecule has 0 fully saturated rings. The van der Waals surface area contributed by atoms with Gasteiger partial charge in [0, 0.05) is 19.8 Å². The second-order valence-corrected chi connectivity index (χ2v) is 3.49. The van der Waals surface area contributed by atoms with E-state index >= 15 is 0 Å². The Labute approximate surface area is 77.8 Å². The van der Waals surface area contributed by atoms with Crippen molar-refractivity contribution < 1.29 is 14.2 Å². The highest BCUT2D eigenvalue weighted by atomic mass is 28.1. The van der Waals surface area contributed by atoms with E-state index in [-0.39, 0.29) is 0 Å². The van der Waals surface area contributed by atoms with Crippen LogP contribution in [0.2, 0.25) is 0 Å².